The Morgan fingerprint density at radius 2 is 2.15 bits per heavy atom. The van der Waals surface area contributed by atoms with Gasteiger partial charge in [0.25, 0.3) is 5.69 Å². The van der Waals surface area contributed by atoms with E-state index in [2.05, 4.69) is 19.2 Å². The molecule has 0 heterocycles. The van der Waals surface area contributed by atoms with Crippen molar-refractivity contribution in [2.24, 2.45) is 11.7 Å². The number of rotatable bonds is 7. The SMILES string of the molecule is COc1ccc(NC(C)(CN)CC(C)C)c([N+](=O)[O-])c1. The van der Waals surface area contributed by atoms with Crippen LogP contribution in [0.25, 0.3) is 0 Å². The highest BCUT2D eigenvalue weighted by Gasteiger charge is 2.27. The number of nitrogens with two attached hydrogens (primary N) is 1. The largest absolute Gasteiger partial charge is 0.496 e. The number of benzene rings is 1. The van der Waals surface area contributed by atoms with Gasteiger partial charge in [0.1, 0.15) is 11.4 Å². The molecule has 0 fully saturated rings. The normalized spacial score (nSPS) is 13.9. The van der Waals surface area contributed by atoms with Crippen molar-refractivity contribution in [1.29, 1.82) is 0 Å². The Labute approximate surface area is 119 Å². The van der Waals surface area contributed by atoms with Crippen LogP contribution in [0.4, 0.5) is 11.4 Å². The van der Waals surface area contributed by atoms with E-state index < -0.39 is 4.92 Å². The predicted octanol–water partition coefficient (Wildman–Crippen LogP) is 2.78. The van der Waals surface area contributed by atoms with Crippen LogP contribution in [0.1, 0.15) is 27.2 Å². The lowest BCUT2D eigenvalue weighted by atomic mass is 9.90. The molecule has 1 rings (SSSR count). The van der Waals surface area contributed by atoms with Crippen molar-refractivity contribution in [3.8, 4) is 5.75 Å². The maximum atomic E-state index is 11.2. The molecule has 0 aliphatic heterocycles. The summed E-state index contributed by atoms with van der Waals surface area (Å²) in [6.07, 6.45) is 0.826. The molecule has 3 N–H and O–H groups in total. The monoisotopic (exact) mass is 281 g/mol. The molecule has 0 saturated carbocycles. The van der Waals surface area contributed by atoms with Gasteiger partial charge in [-0.1, -0.05) is 13.8 Å². The molecule has 0 bridgehead atoms. The molecule has 0 aromatic heterocycles. The Morgan fingerprint density at radius 3 is 2.60 bits per heavy atom. The standard InChI is InChI=1S/C14H23N3O3/c1-10(2)8-14(3,9-15)16-12-6-5-11(20-4)7-13(12)17(18)19/h5-7,10,16H,8-9,15H2,1-4H3. The smallest absolute Gasteiger partial charge is 0.296 e. The van der Waals surface area contributed by atoms with Gasteiger partial charge in [-0.05, 0) is 31.4 Å². The number of hydrogen-bond acceptors (Lipinski definition) is 5. The van der Waals surface area contributed by atoms with Crippen molar-refractivity contribution < 1.29 is 9.66 Å². The lowest BCUT2D eigenvalue weighted by molar-refractivity contribution is -0.384. The molecule has 1 atom stereocenters. The van der Waals surface area contributed by atoms with Crippen molar-refractivity contribution in [2.45, 2.75) is 32.7 Å². The number of hydrogen-bond donors (Lipinski definition) is 2. The number of nitro groups is 1. The molecule has 0 amide bonds. The third kappa shape index (κ3) is 4.09. The molecule has 112 valence electrons. The summed E-state index contributed by atoms with van der Waals surface area (Å²) in [6, 6.07) is 4.77. The van der Waals surface area contributed by atoms with Crippen molar-refractivity contribution in [2.75, 3.05) is 19.0 Å². The van der Waals surface area contributed by atoms with E-state index >= 15 is 0 Å². The van der Waals surface area contributed by atoms with Crippen LogP contribution in [0.5, 0.6) is 5.75 Å². The van der Waals surface area contributed by atoms with Crippen molar-refractivity contribution >= 4 is 11.4 Å². The second-order valence-corrected chi connectivity index (χ2v) is 5.63. The van der Waals surface area contributed by atoms with Gasteiger partial charge in [0.05, 0.1) is 18.1 Å². The van der Waals surface area contributed by atoms with Crippen LogP contribution in [0.2, 0.25) is 0 Å². The van der Waals surface area contributed by atoms with Gasteiger partial charge in [0.2, 0.25) is 0 Å². The Morgan fingerprint density at radius 1 is 1.50 bits per heavy atom. The number of anilines is 1. The molecule has 0 spiro atoms. The molecular formula is C14H23N3O3. The van der Waals surface area contributed by atoms with E-state index in [0.717, 1.165) is 6.42 Å². The molecule has 0 radical (unpaired) electrons. The van der Waals surface area contributed by atoms with Gasteiger partial charge in [-0.15, -0.1) is 0 Å². The van der Waals surface area contributed by atoms with Gasteiger partial charge in [-0.2, -0.15) is 0 Å². The summed E-state index contributed by atoms with van der Waals surface area (Å²) in [6.45, 7) is 6.56. The van der Waals surface area contributed by atoms with Crippen LogP contribution in [0.15, 0.2) is 18.2 Å². The summed E-state index contributed by atoms with van der Waals surface area (Å²) >= 11 is 0. The molecule has 1 aromatic rings. The third-order valence-electron chi connectivity index (χ3n) is 3.15. The summed E-state index contributed by atoms with van der Waals surface area (Å²) < 4.78 is 5.02. The fraction of sp³-hybridized carbons (Fsp3) is 0.571. The van der Waals surface area contributed by atoms with E-state index in [-0.39, 0.29) is 11.2 Å². The first-order valence-electron chi connectivity index (χ1n) is 6.62. The minimum absolute atomic E-state index is 0.00668. The number of nitrogens with one attached hydrogen (secondary N) is 1. The van der Waals surface area contributed by atoms with Gasteiger partial charge in [0, 0.05) is 12.1 Å². The second kappa shape index (κ2) is 6.56. The minimum atomic E-state index is -0.419. The van der Waals surface area contributed by atoms with Crippen LogP contribution in [-0.2, 0) is 0 Å². The number of ether oxygens (including phenoxy) is 1. The van der Waals surface area contributed by atoms with Gasteiger partial charge in [-0.25, -0.2) is 0 Å². The lowest BCUT2D eigenvalue weighted by Crippen LogP contribution is -2.43. The first kappa shape index (κ1) is 16.2. The number of nitro benzene ring substituents is 1. The topological polar surface area (TPSA) is 90.4 Å². The molecule has 6 nitrogen and oxygen atoms in total. The summed E-state index contributed by atoms with van der Waals surface area (Å²) in [4.78, 5) is 10.7. The van der Waals surface area contributed by atoms with Gasteiger partial charge in [0.15, 0.2) is 0 Å². The molecule has 0 saturated heterocycles. The molecule has 1 aromatic carbocycles. The number of methoxy groups -OCH3 is 1. The lowest BCUT2D eigenvalue weighted by Gasteiger charge is -2.32. The predicted molar refractivity (Wildman–Crippen MR) is 80.2 cm³/mol. The van der Waals surface area contributed by atoms with Crippen LogP contribution < -0.4 is 15.8 Å². The number of nitrogens with zero attached hydrogens (tertiary/aromatic N) is 1. The summed E-state index contributed by atoms with van der Waals surface area (Å²) in [5.74, 6) is 0.897. The fourth-order valence-electron chi connectivity index (χ4n) is 2.31. The van der Waals surface area contributed by atoms with Crippen molar-refractivity contribution in [1.82, 2.24) is 0 Å². The van der Waals surface area contributed by atoms with Crippen molar-refractivity contribution in [3.63, 3.8) is 0 Å². The Balaban J connectivity index is 3.09. The molecule has 1 unspecified atom stereocenters. The zero-order valence-corrected chi connectivity index (χ0v) is 12.5. The van der Waals surface area contributed by atoms with E-state index in [0.29, 0.717) is 23.9 Å². The third-order valence-corrected chi connectivity index (χ3v) is 3.15. The highest BCUT2D eigenvalue weighted by Crippen LogP contribution is 2.32. The van der Waals surface area contributed by atoms with Crippen molar-refractivity contribution in [3.05, 3.63) is 28.3 Å². The van der Waals surface area contributed by atoms with Gasteiger partial charge < -0.3 is 15.8 Å². The molecule has 20 heavy (non-hydrogen) atoms. The highest BCUT2D eigenvalue weighted by atomic mass is 16.6. The average Bonchev–Trinajstić information content (AvgIpc) is 2.38. The zero-order chi connectivity index (χ0) is 15.3. The molecule has 0 aliphatic carbocycles. The second-order valence-electron chi connectivity index (χ2n) is 5.63. The van der Waals surface area contributed by atoms with Gasteiger partial charge in [-0.3, -0.25) is 10.1 Å². The zero-order valence-electron chi connectivity index (χ0n) is 12.5. The Bertz CT molecular complexity index is 477. The quantitative estimate of drug-likeness (QED) is 0.592. The van der Waals surface area contributed by atoms with E-state index in [4.69, 9.17) is 10.5 Å². The Kier molecular flexibility index (Phi) is 5.33. The molecule has 6 heteroatoms. The first-order valence-corrected chi connectivity index (χ1v) is 6.62. The van der Waals surface area contributed by atoms with Crippen LogP contribution in [0.3, 0.4) is 0 Å². The summed E-state index contributed by atoms with van der Waals surface area (Å²) in [5, 5.41) is 14.4. The maximum absolute atomic E-state index is 11.2. The summed E-state index contributed by atoms with van der Waals surface area (Å²) in [5.41, 5.74) is 5.90. The summed E-state index contributed by atoms with van der Waals surface area (Å²) in [7, 11) is 1.48. The maximum Gasteiger partial charge on any atom is 0.296 e. The molecular weight excluding hydrogens is 258 g/mol. The van der Waals surface area contributed by atoms with Crippen LogP contribution in [0, 0.1) is 16.0 Å². The highest BCUT2D eigenvalue weighted by molar-refractivity contribution is 5.65. The van der Waals surface area contributed by atoms with Gasteiger partial charge >= 0.3 is 0 Å². The van der Waals surface area contributed by atoms with E-state index in [1.54, 1.807) is 12.1 Å². The van der Waals surface area contributed by atoms with E-state index in [1.807, 2.05) is 6.92 Å². The van der Waals surface area contributed by atoms with E-state index in [1.165, 1.54) is 13.2 Å². The minimum Gasteiger partial charge on any atom is -0.496 e. The van der Waals surface area contributed by atoms with Crippen LogP contribution in [-0.4, -0.2) is 24.1 Å². The van der Waals surface area contributed by atoms with Crippen LogP contribution >= 0.6 is 0 Å². The average molecular weight is 281 g/mol. The van der Waals surface area contributed by atoms with E-state index in [9.17, 15) is 10.1 Å². The molecule has 0 aliphatic rings. The first-order chi connectivity index (χ1) is 9.31. The Hall–Kier alpha value is -1.82. The fourth-order valence-corrected chi connectivity index (χ4v) is 2.31.